The van der Waals surface area contributed by atoms with Crippen LogP contribution in [0.4, 0.5) is 5.69 Å². The van der Waals surface area contributed by atoms with Gasteiger partial charge in [0.1, 0.15) is 5.60 Å². The van der Waals surface area contributed by atoms with Gasteiger partial charge in [0.2, 0.25) is 0 Å². The molecule has 1 N–H and O–H groups in total. The Balaban J connectivity index is 3.10. The Labute approximate surface area is 97.3 Å². The molecule has 0 bridgehead atoms. The molecule has 3 nitrogen and oxygen atoms in total. The molecule has 0 aliphatic rings. The molecule has 0 fully saturated rings. The van der Waals surface area contributed by atoms with E-state index < -0.39 is 5.60 Å². The van der Waals surface area contributed by atoms with Crippen LogP contribution >= 0.6 is 0 Å². The molecule has 0 atom stereocenters. The fourth-order valence-corrected chi connectivity index (χ4v) is 1.30. The van der Waals surface area contributed by atoms with E-state index in [1.165, 1.54) is 0 Å². The molecule has 0 radical (unpaired) electrons. The monoisotopic (exact) mass is 220 g/mol. The predicted octanol–water partition coefficient (Wildman–Crippen LogP) is 3.12. The van der Waals surface area contributed by atoms with Crippen molar-refractivity contribution in [3.8, 4) is 0 Å². The Bertz CT molecular complexity index is 403. The first-order chi connectivity index (χ1) is 7.34. The van der Waals surface area contributed by atoms with E-state index >= 15 is 0 Å². The molecule has 0 saturated heterocycles. The first kappa shape index (κ1) is 12.8. The van der Waals surface area contributed by atoms with Gasteiger partial charge in [0, 0.05) is 5.71 Å². The second-order valence-electron chi connectivity index (χ2n) is 4.56. The van der Waals surface area contributed by atoms with E-state index in [1.807, 2.05) is 26.0 Å². The summed E-state index contributed by atoms with van der Waals surface area (Å²) in [7, 11) is 0. The van der Waals surface area contributed by atoms with E-state index in [0.717, 1.165) is 23.5 Å². The van der Waals surface area contributed by atoms with Gasteiger partial charge < -0.3 is 5.11 Å². The van der Waals surface area contributed by atoms with Gasteiger partial charge in [-0.05, 0) is 46.2 Å². The van der Waals surface area contributed by atoms with Gasteiger partial charge in [-0.2, -0.15) is 0 Å². The van der Waals surface area contributed by atoms with Crippen LogP contribution in [0.15, 0.2) is 17.1 Å². The van der Waals surface area contributed by atoms with Crippen LogP contribution in [0, 0.1) is 6.92 Å². The zero-order valence-corrected chi connectivity index (χ0v) is 10.7. The van der Waals surface area contributed by atoms with Crippen molar-refractivity contribution in [2.45, 2.75) is 46.6 Å². The maximum absolute atomic E-state index is 9.83. The number of aliphatic hydroxyl groups is 1. The Hall–Kier alpha value is -1.22. The average Bonchev–Trinajstić information content (AvgIpc) is 2.19. The highest BCUT2D eigenvalue weighted by molar-refractivity contribution is 5.84. The zero-order chi connectivity index (χ0) is 12.3. The van der Waals surface area contributed by atoms with Crippen LogP contribution in [-0.4, -0.2) is 15.8 Å². The number of hydrogen-bond donors (Lipinski definition) is 1. The number of aliphatic imine (C=N–C) groups is 1. The normalized spacial score (nSPS) is 13.0. The lowest BCUT2D eigenvalue weighted by molar-refractivity contribution is 0.0737. The minimum atomic E-state index is -0.896. The molecule has 1 aromatic rings. The summed E-state index contributed by atoms with van der Waals surface area (Å²) in [5.41, 5.74) is 2.60. The molecule has 88 valence electrons. The summed E-state index contributed by atoms with van der Waals surface area (Å²) < 4.78 is 0. The van der Waals surface area contributed by atoms with Gasteiger partial charge in [0.15, 0.2) is 0 Å². The van der Waals surface area contributed by atoms with E-state index in [2.05, 4.69) is 16.9 Å². The first-order valence-corrected chi connectivity index (χ1v) is 5.59. The molecule has 0 saturated carbocycles. The van der Waals surface area contributed by atoms with E-state index in [4.69, 9.17) is 0 Å². The third-order valence-corrected chi connectivity index (χ3v) is 2.51. The smallest absolute Gasteiger partial charge is 0.101 e. The van der Waals surface area contributed by atoms with Crippen LogP contribution in [0.1, 0.15) is 45.5 Å². The molecule has 16 heavy (non-hydrogen) atoms. The number of aromatic nitrogens is 1. The SMILES string of the molecule is CCC(C)=Nc1ccc(C(C)(C)O)nc1C. The Morgan fingerprint density at radius 3 is 2.50 bits per heavy atom. The standard InChI is InChI=1S/C13H20N2O/c1-6-9(2)14-11-7-8-12(13(4,5)16)15-10(11)3/h7-8,16H,6H2,1-5H3. The van der Waals surface area contributed by atoms with Gasteiger partial charge in [-0.3, -0.25) is 9.98 Å². The van der Waals surface area contributed by atoms with Gasteiger partial charge in [0.05, 0.1) is 17.1 Å². The van der Waals surface area contributed by atoms with Crippen LogP contribution in [0.2, 0.25) is 0 Å². The maximum atomic E-state index is 9.83. The molecule has 0 aliphatic carbocycles. The highest BCUT2D eigenvalue weighted by Gasteiger charge is 2.18. The van der Waals surface area contributed by atoms with Crippen molar-refractivity contribution in [1.29, 1.82) is 0 Å². The Kier molecular flexibility index (Phi) is 3.81. The summed E-state index contributed by atoms with van der Waals surface area (Å²) in [6.07, 6.45) is 0.937. The predicted molar refractivity (Wildman–Crippen MR) is 67.3 cm³/mol. The van der Waals surface area contributed by atoms with Crippen molar-refractivity contribution in [3.05, 3.63) is 23.5 Å². The molecule has 0 aliphatic heterocycles. The van der Waals surface area contributed by atoms with Crippen LogP contribution < -0.4 is 0 Å². The van der Waals surface area contributed by atoms with E-state index in [1.54, 1.807) is 13.8 Å². The molecule has 1 heterocycles. The molecular weight excluding hydrogens is 200 g/mol. The quantitative estimate of drug-likeness (QED) is 0.795. The highest BCUT2D eigenvalue weighted by Crippen LogP contribution is 2.23. The number of aryl methyl sites for hydroxylation is 1. The summed E-state index contributed by atoms with van der Waals surface area (Å²) in [6.45, 7) is 9.46. The number of nitrogens with zero attached hydrogens (tertiary/aromatic N) is 2. The second-order valence-corrected chi connectivity index (χ2v) is 4.56. The zero-order valence-electron chi connectivity index (χ0n) is 10.7. The molecule has 0 spiro atoms. The average molecular weight is 220 g/mol. The Morgan fingerprint density at radius 1 is 1.44 bits per heavy atom. The maximum Gasteiger partial charge on any atom is 0.101 e. The van der Waals surface area contributed by atoms with Crippen molar-refractivity contribution in [3.63, 3.8) is 0 Å². The molecule has 1 rings (SSSR count). The summed E-state index contributed by atoms with van der Waals surface area (Å²) in [5, 5.41) is 9.83. The van der Waals surface area contributed by atoms with Crippen molar-refractivity contribution < 1.29 is 5.11 Å². The molecular formula is C13H20N2O. The minimum Gasteiger partial charge on any atom is -0.384 e. The lowest BCUT2D eigenvalue weighted by atomic mass is 10.0. The number of rotatable bonds is 3. The second kappa shape index (κ2) is 4.74. The summed E-state index contributed by atoms with van der Waals surface area (Å²) in [6, 6.07) is 3.74. The van der Waals surface area contributed by atoms with Gasteiger partial charge >= 0.3 is 0 Å². The van der Waals surface area contributed by atoms with Gasteiger partial charge in [-0.15, -0.1) is 0 Å². The van der Waals surface area contributed by atoms with Gasteiger partial charge in [-0.1, -0.05) is 6.92 Å². The Morgan fingerprint density at radius 2 is 2.06 bits per heavy atom. The summed E-state index contributed by atoms with van der Waals surface area (Å²) in [5.74, 6) is 0. The largest absolute Gasteiger partial charge is 0.384 e. The fraction of sp³-hybridized carbons (Fsp3) is 0.538. The van der Waals surface area contributed by atoms with Crippen molar-refractivity contribution in [2.24, 2.45) is 4.99 Å². The van der Waals surface area contributed by atoms with Crippen molar-refractivity contribution in [2.75, 3.05) is 0 Å². The van der Waals surface area contributed by atoms with Crippen LogP contribution in [0.25, 0.3) is 0 Å². The summed E-state index contributed by atoms with van der Waals surface area (Å²) >= 11 is 0. The first-order valence-electron chi connectivity index (χ1n) is 5.59. The third kappa shape index (κ3) is 3.14. The van der Waals surface area contributed by atoms with Crippen molar-refractivity contribution >= 4 is 11.4 Å². The highest BCUT2D eigenvalue weighted by atomic mass is 16.3. The molecule has 3 heteroatoms. The van der Waals surface area contributed by atoms with Crippen LogP contribution in [0.3, 0.4) is 0 Å². The van der Waals surface area contributed by atoms with Crippen molar-refractivity contribution in [1.82, 2.24) is 4.98 Å². The van der Waals surface area contributed by atoms with E-state index in [9.17, 15) is 5.11 Å². The van der Waals surface area contributed by atoms with Gasteiger partial charge in [-0.25, -0.2) is 0 Å². The van der Waals surface area contributed by atoms with E-state index in [0.29, 0.717) is 5.69 Å². The van der Waals surface area contributed by atoms with E-state index in [-0.39, 0.29) is 0 Å². The molecule has 0 aromatic carbocycles. The van der Waals surface area contributed by atoms with Gasteiger partial charge in [0.25, 0.3) is 0 Å². The topological polar surface area (TPSA) is 45.5 Å². The number of hydrogen-bond acceptors (Lipinski definition) is 3. The minimum absolute atomic E-state index is 0.679. The summed E-state index contributed by atoms with van der Waals surface area (Å²) in [4.78, 5) is 8.85. The molecule has 1 aromatic heterocycles. The third-order valence-electron chi connectivity index (χ3n) is 2.51. The lowest BCUT2D eigenvalue weighted by Crippen LogP contribution is -2.17. The lowest BCUT2D eigenvalue weighted by Gasteiger charge is -2.17. The fourth-order valence-electron chi connectivity index (χ4n) is 1.30. The molecule has 0 amide bonds. The van der Waals surface area contributed by atoms with Crippen LogP contribution in [0.5, 0.6) is 0 Å². The number of pyridine rings is 1. The molecule has 0 unspecified atom stereocenters. The van der Waals surface area contributed by atoms with Crippen LogP contribution in [-0.2, 0) is 5.60 Å².